The molecule has 2 unspecified atom stereocenters. The van der Waals surface area contributed by atoms with Crippen LogP contribution in [0.3, 0.4) is 0 Å². The van der Waals surface area contributed by atoms with Crippen LogP contribution in [0.1, 0.15) is 59.1 Å². The zero-order valence-corrected chi connectivity index (χ0v) is 23.8. The molecule has 2 aromatic heterocycles. The van der Waals surface area contributed by atoms with Crippen molar-refractivity contribution < 1.29 is 29.3 Å². The summed E-state index contributed by atoms with van der Waals surface area (Å²) >= 11 is 0. The van der Waals surface area contributed by atoms with Crippen LogP contribution >= 0.6 is 0 Å². The van der Waals surface area contributed by atoms with Crippen LogP contribution in [-0.4, -0.2) is 79.2 Å². The molecule has 2 atom stereocenters. The van der Waals surface area contributed by atoms with Gasteiger partial charge in [-0.1, -0.05) is 6.07 Å². The van der Waals surface area contributed by atoms with Crippen LogP contribution in [0.4, 0.5) is 16.3 Å². The van der Waals surface area contributed by atoms with Gasteiger partial charge in [0.15, 0.2) is 11.9 Å². The number of aliphatic hydroxyl groups is 2. The molecule has 4 rings (SSSR count). The second-order valence-corrected chi connectivity index (χ2v) is 11.6. The Balaban J connectivity index is 1.69. The van der Waals surface area contributed by atoms with E-state index in [0.717, 1.165) is 29.7 Å². The maximum Gasteiger partial charge on any atom is 0.412 e. The molecule has 5 N–H and O–H groups in total. The van der Waals surface area contributed by atoms with Crippen molar-refractivity contribution in [3.63, 3.8) is 0 Å². The van der Waals surface area contributed by atoms with E-state index in [1.807, 2.05) is 12.1 Å². The number of amides is 2. The fourth-order valence-corrected chi connectivity index (χ4v) is 4.87. The lowest BCUT2D eigenvalue weighted by molar-refractivity contribution is -0.154. The number of benzene rings is 1. The summed E-state index contributed by atoms with van der Waals surface area (Å²) in [6, 6.07) is 7.31. The van der Waals surface area contributed by atoms with Crippen LogP contribution in [0.5, 0.6) is 5.75 Å². The number of carbonyl (C=O) groups excluding carboxylic acids is 2. The molecule has 12 heteroatoms. The highest BCUT2D eigenvalue weighted by Gasteiger charge is 2.37. The van der Waals surface area contributed by atoms with Gasteiger partial charge >= 0.3 is 6.09 Å². The second-order valence-electron chi connectivity index (χ2n) is 11.6. The normalized spacial score (nSPS) is 17.0. The molecule has 0 bridgehead atoms. The van der Waals surface area contributed by atoms with Crippen molar-refractivity contribution in [1.82, 2.24) is 19.5 Å². The maximum atomic E-state index is 12.9. The molecule has 1 fully saturated rings. The van der Waals surface area contributed by atoms with Gasteiger partial charge in [0.1, 0.15) is 23.2 Å². The second kappa shape index (κ2) is 10.9. The van der Waals surface area contributed by atoms with E-state index < -0.39 is 29.3 Å². The zero-order chi connectivity index (χ0) is 29.4. The molecular formula is C28H38N6O6. The van der Waals surface area contributed by atoms with Crippen molar-refractivity contribution in [2.45, 2.75) is 70.7 Å². The Labute approximate surface area is 233 Å². The number of nitrogens with one attached hydrogen (secondary N) is 1. The van der Waals surface area contributed by atoms with Gasteiger partial charge in [0.05, 0.1) is 18.4 Å². The molecule has 1 aliphatic rings. The first-order valence-corrected chi connectivity index (χ1v) is 13.2. The van der Waals surface area contributed by atoms with Gasteiger partial charge in [-0.15, -0.1) is 0 Å². The number of methoxy groups -OCH3 is 1. The third kappa shape index (κ3) is 6.13. The molecule has 0 saturated carbocycles. The zero-order valence-electron chi connectivity index (χ0n) is 23.8. The van der Waals surface area contributed by atoms with Gasteiger partial charge < -0.3 is 30.3 Å². The molecule has 3 heterocycles. The van der Waals surface area contributed by atoms with E-state index in [-0.39, 0.29) is 11.7 Å². The van der Waals surface area contributed by atoms with Gasteiger partial charge in [-0.05, 0) is 71.2 Å². The number of nitrogens with two attached hydrogens (primary N) is 1. The average molecular weight is 555 g/mol. The smallest absolute Gasteiger partial charge is 0.412 e. The van der Waals surface area contributed by atoms with Gasteiger partial charge in [0.25, 0.3) is 5.91 Å². The molecule has 216 valence electrons. The summed E-state index contributed by atoms with van der Waals surface area (Å²) in [4.78, 5) is 31.0. The van der Waals surface area contributed by atoms with Gasteiger partial charge in [0.2, 0.25) is 0 Å². The van der Waals surface area contributed by atoms with E-state index in [4.69, 9.17) is 15.2 Å². The Morgan fingerprint density at radius 2 is 1.93 bits per heavy atom. The number of hydrogen-bond donors (Lipinski definition) is 4. The average Bonchev–Trinajstić information content (AvgIpc) is 3.27. The van der Waals surface area contributed by atoms with Crippen molar-refractivity contribution in [3.8, 4) is 16.9 Å². The fourth-order valence-electron chi connectivity index (χ4n) is 4.87. The summed E-state index contributed by atoms with van der Waals surface area (Å²) in [5, 5.41) is 27.7. The van der Waals surface area contributed by atoms with Crippen LogP contribution in [0.15, 0.2) is 30.6 Å². The molecule has 3 aromatic rings. The van der Waals surface area contributed by atoms with Crippen LogP contribution in [0, 0.1) is 0 Å². The SMILES string of the molecule is COc1cc(-c2cc(C3CCCN(C(=O)C(O)C(C)(C)O)C3)n3ncnc(N)c23)ccc1NC(=O)OC(C)(C)C. The molecule has 1 aromatic carbocycles. The Kier molecular flexibility index (Phi) is 7.95. The number of aromatic nitrogens is 3. The summed E-state index contributed by atoms with van der Waals surface area (Å²) in [5.74, 6) is 0.101. The Bertz CT molecular complexity index is 1410. The summed E-state index contributed by atoms with van der Waals surface area (Å²) < 4.78 is 12.7. The van der Waals surface area contributed by atoms with Crippen molar-refractivity contribution >= 4 is 29.0 Å². The first kappa shape index (κ1) is 29.1. The largest absolute Gasteiger partial charge is 0.495 e. The van der Waals surface area contributed by atoms with Gasteiger partial charge in [-0.25, -0.2) is 14.3 Å². The third-order valence-electron chi connectivity index (χ3n) is 6.81. The summed E-state index contributed by atoms with van der Waals surface area (Å²) in [6.45, 7) is 9.01. The predicted octanol–water partition coefficient (Wildman–Crippen LogP) is 3.17. The lowest BCUT2D eigenvalue weighted by Gasteiger charge is -2.36. The van der Waals surface area contributed by atoms with Crippen LogP contribution < -0.4 is 15.8 Å². The quantitative estimate of drug-likeness (QED) is 0.358. The summed E-state index contributed by atoms with van der Waals surface area (Å²) in [6.07, 6.45) is 0.771. The Hall–Kier alpha value is -3.90. The van der Waals surface area contributed by atoms with E-state index in [2.05, 4.69) is 15.4 Å². The topological polar surface area (TPSA) is 165 Å². The molecule has 0 aliphatic carbocycles. The maximum absolute atomic E-state index is 12.9. The Morgan fingerprint density at radius 1 is 1.20 bits per heavy atom. The lowest BCUT2D eigenvalue weighted by atomic mass is 9.92. The molecule has 1 saturated heterocycles. The van der Waals surface area contributed by atoms with E-state index in [1.54, 1.807) is 42.3 Å². The predicted molar refractivity (Wildman–Crippen MR) is 150 cm³/mol. The number of rotatable bonds is 6. The van der Waals surface area contributed by atoms with E-state index >= 15 is 0 Å². The van der Waals surface area contributed by atoms with Crippen molar-refractivity contribution in [3.05, 3.63) is 36.3 Å². The number of ether oxygens (including phenoxy) is 2. The van der Waals surface area contributed by atoms with Crippen molar-refractivity contribution in [2.75, 3.05) is 31.2 Å². The van der Waals surface area contributed by atoms with E-state index in [9.17, 15) is 19.8 Å². The molecule has 0 spiro atoms. The van der Waals surface area contributed by atoms with Crippen LogP contribution in [0.2, 0.25) is 0 Å². The third-order valence-corrected chi connectivity index (χ3v) is 6.81. The van der Waals surface area contributed by atoms with Gasteiger partial charge in [0, 0.05) is 30.3 Å². The number of anilines is 2. The molecule has 2 amide bonds. The van der Waals surface area contributed by atoms with Crippen molar-refractivity contribution in [2.24, 2.45) is 0 Å². The molecule has 1 aliphatic heterocycles. The van der Waals surface area contributed by atoms with Crippen LogP contribution in [-0.2, 0) is 9.53 Å². The monoisotopic (exact) mass is 554 g/mol. The number of carbonyl (C=O) groups is 2. The van der Waals surface area contributed by atoms with E-state index in [1.165, 1.54) is 27.3 Å². The van der Waals surface area contributed by atoms with Crippen LogP contribution in [0.25, 0.3) is 16.6 Å². The lowest BCUT2D eigenvalue weighted by Crippen LogP contribution is -2.51. The van der Waals surface area contributed by atoms with Gasteiger partial charge in [-0.3, -0.25) is 10.1 Å². The number of nitrogen functional groups attached to an aromatic ring is 1. The number of hydrogen-bond acceptors (Lipinski definition) is 9. The number of piperidine rings is 1. The summed E-state index contributed by atoms with van der Waals surface area (Å²) in [5.41, 5.74) is 7.53. The number of aliphatic hydroxyl groups excluding tert-OH is 1. The highest BCUT2D eigenvalue weighted by Crippen LogP contribution is 2.39. The molecule has 40 heavy (non-hydrogen) atoms. The summed E-state index contributed by atoms with van der Waals surface area (Å²) in [7, 11) is 1.51. The minimum absolute atomic E-state index is 0.0998. The molecular weight excluding hydrogens is 516 g/mol. The van der Waals surface area contributed by atoms with Gasteiger partial charge in [-0.2, -0.15) is 5.10 Å². The van der Waals surface area contributed by atoms with Crippen molar-refractivity contribution in [1.29, 1.82) is 0 Å². The highest BCUT2D eigenvalue weighted by molar-refractivity contribution is 5.92. The highest BCUT2D eigenvalue weighted by atomic mass is 16.6. The fraction of sp³-hybridized carbons (Fsp3) is 0.500. The Morgan fingerprint density at radius 3 is 2.58 bits per heavy atom. The standard InChI is InChI=1S/C28H38N6O6/c1-27(2,3)40-26(37)32-19-10-9-16(12-21(19)39-6)18-13-20(34-22(18)24(29)30-15-31-34)17-8-7-11-33(14-17)25(36)23(35)28(4,5)38/h9-10,12-13,15,17,23,35,38H,7-8,11,14H2,1-6H3,(H,32,37)(H2,29,30,31). The minimum atomic E-state index is -1.55. The molecule has 12 nitrogen and oxygen atoms in total. The van der Waals surface area contributed by atoms with E-state index in [0.29, 0.717) is 30.0 Å². The first-order chi connectivity index (χ1) is 18.7. The number of likely N-dealkylation sites (tertiary alicyclic amines) is 1. The number of fused-ring (bicyclic) bond motifs is 1. The molecule has 0 radical (unpaired) electrons. The minimum Gasteiger partial charge on any atom is -0.495 e. The number of nitrogens with zero attached hydrogens (tertiary/aromatic N) is 4. The first-order valence-electron chi connectivity index (χ1n) is 13.2.